The van der Waals surface area contributed by atoms with Crippen LogP contribution in [0.25, 0.3) is 0 Å². The summed E-state index contributed by atoms with van der Waals surface area (Å²) in [5, 5.41) is 9.82. The van der Waals surface area contributed by atoms with Gasteiger partial charge in [0, 0.05) is 12.6 Å². The van der Waals surface area contributed by atoms with Gasteiger partial charge < -0.3 is 10.0 Å². The van der Waals surface area contributed by atoms with E-state index in [1.165, 1.54) is 11.0 Å². The molecule has 0 aliphatic carbocycles. The molecule has 0 saturated carbocycles. The van der Waals surface area contributed by atoms with Gasteiger partial charge in [0.25, 0.3) is 5.91 Å². The molecular formula is C13H17NO4S. The van der Waals surface area contributed by atoms with Gasteiger partial charge in [0.1, 0.15) is 5.75 Å². The van der Waals surface area contributed by atoms with Gasteiger partial charge in [-0.2, -0.15) is 0 Å². The van der Waals surface area contributed by atoms with Gasteiger partial charge >= 0.3 is 0 Å². The van der Waals surface area contributed by atoms with Gasteiger partial charge in [-0.15, -0.1) is 0 Å². The van der Waals surface area contributed by atoms with E-state index in [1.807, 2.05) is 6.92 Å². The first-order chi connectivity index (χ1) is 8.80. The van der Waals surface area contributed by atoms with E-state index in [9.17, 15) is 18.3 Å². The van der Waals surface area contributed by atoms with E-state index < -0.39 is 9.84 Å². The fourth-order valence-corrected chi connectivity index (χ4v) is 3.83. The molecule has 104 valence electrons. The van der Waals surface area contributed by atoms with Crippen molar-refractivity contribution in [3.63, 3.8) is 0 Å². The fraction of sp³-hybridized carbons (Fsp3) is 0.462. The highest BCUT2D eigenvalue weighted by Crippen LogP contribution is 2.23. The van der Waals surface area contributed by atoms with Gasteiger partial charge in [-0.1, -0.05) is 6.07 Å². The Bertz CT molecular complexity index is 609. The smallest absolute Gasteiger partial charge is 0.257 e. The van der Waals surface area contributed by atoms with E-state index >= 15 is 0 Å². The Morgan fingerprint density at radius 3 is 2.68 bits per heavy atom. The molecule has 5 nitrogen and oxygen atoms in total. The number of aryl methyl sites for hydroxylation is 1. The quantitative estimate of drug-likeness (QED) is 0.833. The Morgan fingerprint density at radius 2 is 2.11 bits per heavy atom. The van der Waals surface area contributed by atoms with Crippen LogP contribution in [-0.2, 0) is 9.84 Å². The normalized spacial score (nSPS) is 22.2. The number of carbonyl (C=O) groups is 1. The topological polar surface area (TPSA) is 74.7 Å². The van der Waals surface area contributed by atoms with Crippen LogP contribution in [-0.4, -0.2) is 48.4 Å². The summed E-state index contributed by atoms with van der Waals surface area (Å²) >= 11 is 0. The molecule has 1 unspecified atom stereocenters. The van der Waals surface area contributed by atoms with Crippen molar-refractivity contribution < 1.29 is 18.3 Å². The SMILES string of the molecule is Cc1ccc(C(=O)N2CCS(=O)(=O)CC2C)c(O)c1. The zero-order chi connectivity index (χ0) is 14.2. The minimum absolute atomic E-state index is 0.0182. The predicted octanol–water partition coefficient (Wildman–Crippen LogP) is 0.960. The third-order valence-corrected chi connectivity index (χ3v) is 5.11. The van der Waals surface area contributed by atoms with Crippen molar-refractivity contribution in [3.8, 4) is 5.75 Å². The molecule has 1 N–H and O–H groups in total. The Balaban J connectivity index is 2.25. The zero-order valence-electron chi connectivity index (χ0n) is 11.0. The monoisotopic (exact) mass is 283 g/mol. The largest absolute Gasteiger partial charge is 0.507 e. The summed E-state index contributed by atoms with van der Waals surface area (Å²) in [6.07, 6.45) is 0. The Labute approximate surface area is 112 Å². The molecule has 2 rings (SSSR count). The predicted molar refractivity (Wildman–Crippen MR) is 72.0 cm³/mol. The van der Waals surface area contributed by atoms with Crippen molar-refractivity contribution in [3.05, 3.63) is 29.3 Å². The highest BCUT2D eigenvalue weighted by molar-refractivity contribution is 7.91. The van der Waals surface area contributed by atoms with Crippen LogP contribution in [0.3, 0.4) is 0 Å². The molecule has 1 amide bonds. The first-order valence-electron chi connectivity index (χ1n) is 6.11. The average molecular weight is 283 g/mol. The second-order valence-corrected chi connectivity index (χ2v) is 7.21. The standard InChI is InChI=1S/C13H17NO4S/c1-9-3-4-11(12(15)7-9)13(16)14-5-6-19(17,18)8-10(14)2/h3-4,7,10,15H,5-6,8H2,1-2H3. The van der Waals surface area contributed by atoms with Crippen molar-refractivity contribution in [1.82, 2.24) is 4.90 Å². The van der Waals surface area contributed by atoms with Crippen LogP contribution in [0.1, 0.15) is 22.8 Å². The molecule has 1 aliphatic heterocycles. The molecule has 1 aromatic rings. The van der Waals surface area contributed by atoms with Crippen molar-refractivity contribution in [1.29, 1.82) is 0 Å². The molecule has 1 saturated heterocycles. The van der Waals surface area contributed by atoms with E-state index in [0.717, 1.165) is 5.56 Å². The van der Waals surface area contributed by atoms with Crippen LogP contribution >= 0.6 is 0 Å². The molecule has 0 aromatic heterocycles. The first kappa shape index (κ1) is 13.9. The Hall–Kier alpha value is -1.56. The number of carbonyl (C=O) groups excluding carboxylic acids is 1. The Morgan fingerprint density at radius 1 is 1.42 bits per heavy atom. The number of aromatic hydroxyl groups is 1. The lowest BCUT2D eigenvalue weighted by atomic mass is 10.1. The van der Waals surface area contributed by atoms with Crippen LogP contribution in [0.15, 0.2) is 18.2 Å². The highest BCUT2D eigenvalue weighted by atomic mass is 32.2. The molecular weight excluding hydrogens is 266 g/mol. The minimum atomic E-state index is -3.05. The first-order valence-corrected chi connectivity index (χ1v) is 7.93. The fourth-order valence-electron chi connectivity index (χ4n) is 2.28. The van der Waals surface area contributed by atoms with Gasteiger partial charge in [0.15, 0.2) is 9.84 Å². The van der Waals surface area contributed by atoms with Crippen molar-refractivity contribution in [2.24, 2.45) is 0 Å². The van der Waals surface area contributed by atoms with E-state index in [-0.39, 0.29) is 41.3 Å². The molecule has 1 heterocycles. The van der Waals surface area contributed by atoms with E-state index in [4.69, 9.17) is 0 Å². The summed E-state index contributed by atoms with van der Waals surface area (Å²) in [6.45, 7) is 3.71. The summed E-state index contributed by atoms with van der Waals surface area (Å²) in [5.41, 5.74) is 1.08. The van der Waals surface area contributed by atoms with E-state index in [0.29, 0.717) is 0 Å². The third-order valence-electron chi connectivity index (χ3n) is 3.31. The number of hydrogen-bond donors (Lipinski definition) is 1. The lowest BCUT2D eigenvalue weighted by molar-refractivity contribution is 0.0709. The van der Waals surface area contributed by atoms with Gasteiger partial charge in [-0.25, -0.2) is 8.42 Å². The maximum atomic E-state index is 12.3. The maximum absolute atomic E-state index is 12.3. The molecule has 0 spiro atoms. The summed E-state index contributed by atoms with van der Waals surface area (Å²) < 4.78 is 23.0. The molecule has 0 bridgehead atoms. The lowest BCUT2D eigenvalue weighted by Crippen LogP contribution is -2.49. The van der Waals surface area contributed by atoms with E-state index in [1.54, 1.807) is 19.1 Å². The van der Waals surface area contributed by atoms with E-state index in [2.05, 4.69) is 0 Å². The van der Waals surface area contributed by atoms with Gasteiger partial charge in [0.05, 0.1) is 17.1 Å². The summed E-state index contributed by atoms with van der Waals surface area (Å²) in [4.78, 5) is 13.8. The second-order valence-electron chi connectivity index (χ2n) is 4.98. The molecule has 0 radical (unpaired) electrons. The third kappa shape index (κ3) is 2.89. The van der Waals surface area contributed by atoms with Crippen LogP contribution < -0.4 is 0 Å². The van der Waals surface area contributed by atoms with Crippen LogP contribution in [0.2, 0.25) is 0 Å². The summed E-state index contributed by atoms with van der Waals surface area (Å²) in [5.74, 6) is -0.424. The van der Waals surface area contributed by atoms with Gasteiger partial charge in [-0.05, 0) is 31.5 Å². The number of sulfone groups is 1. The number of benzene rings is 1. The zero-order valence-corrected chi connectivity index (χ0v) is 11.8. The lowest BCUT2D eigenvalue weighted by Gasteiger charge is -2.33. The number of amides is 1. The molecule has 6 heteroatoms. The van der Waals surface area contributed by atoms with Crippen molar-refractivity contribution in [2.75, 3.05) is 18.1 Å². The number of rotatable bonds is 1. The highest BCUT2D eigenvalue weighted by Gasteiger charge is 2.32. The van der Waals surface area contributed by atoms with Crippen molar-refractivity contribution >= 4 is 15.7 Å². The van der Waals surface area contributed by atoms with Gasteiger partial charge in [0.2, 0.25) is 0 Å². The number of nitrogens with zero attached hydrogens (tertiary/aromatic N) is 1. The number of phenols is 1. The summed E-state index contributed by atoms with van der Waals surface area (Å²) in [6, 6.07) is 4.48. The Kier molecular flexibility index (Phi) is 3.54. The number of hydrogen-bond acceptors (Lipinski definition) is 4. The second kappa shape index (κ2) is 4.85. The molecule has 19 heavy (non-hydrogen) atoms. The summed E-state index contributed by atoms with van der Waals surface area (Å²) in [7, 11) is -3.05. The average Bonchev–Trinajstić information content (AvgIpc) is 2.26. The molecule has 1 aromatic carbocycles. The van der Waals surface area contributed by atoms with Crippen LogP contribution in [0.4, 0.5) is 0 Å². The molecule has 1 fully saturated rings. The number of phenolic OH excluding ortho intramolecular Hbond substituents is 1. The van der Waals surface area contributed by atoms with Crippen LogP contribution in [0, 0.1) is 6.92 Å². The molecule has 1 atom stereocenters. The maximum Gasteiger partial charge on any atom is 0.257 e. The van der Waals surface area contributed by atoms with Crippen LogP contribution in [0.5, 0.6) is 5.75 Å². The van der Waals surface area contributed by atoms with Crippen molar-refractivity contribution in [2.45, 2.75) is 19.9 Å². The molecule has 1 aliphatic rings. The minimum Gasteiger partial charge on any atom is -0.507 e. The van der Waals surface area contributed by atoms with Gasteiger partial charge in [-0.3, -0.25) is 4.79 Å².